The molecule has 5 rings (SSSR count). The van der Waals surface area contributed by atoms with Crippen LogP contribution in [0.5, 0.6) is 0 Å². The quantitative estimate of drug-likeness (QED) is 0.596. The van der Waals surface area contributed by atoms with E-state index in [1.807, 2.05) is 48.5 Å². The van der Waals surface area contributed by atoms with Crippen molar-refractivity contribution in [1.82, 2.24) is 20.4 Å². The van der Waals surface area contributed by atoms with E-state index in [0.717, 1.165) is 41.3 Å². The van der Waals surface area contributed by atoms with Crippen molar-refractivity contribution in [2.24, 2.45) is 5.92 Å². The molecular weight excluding hydrogens is 398 g/mol. The van der Waals surface area contributed by atoms with E-state index in [9.17, 15) is 4.79 Å². The monoisotopic (exact) mass is 421 g/mol. The molecule has 0 aliphatic carbocycles. The standard InChI is InChI=1S/C23H24ClN5O/c24-17-9-7-15(8-10-17)22-19(13-25-28-22)23(30)26-18-5-3-4-16(12-18)20-14-29-11-2-1-6-21(29)27-20/h3-5,7-10,12,14,19,22,25,28H,1-2,6,11,13H2,(H,26,30). The number of hydrogen-bond donors (Lipinski definition) is 3. The lowest BCUT2D eigenvalue weighted by molar-refractivity contribution is -0.119. The highest BCUT2D eigenvalue weighted by atomic mass is 35.5. The Morgan fingerprint density at radius 3 is 2.87 bits per heavy atom. The van der Waals surface area contributed by atoms with Gasteiger partial charge in [-0.1, -0.05) is 35.9 Å². The van der Waals surface area contributed by atoms with E-state index in [4.69, 9.17) is 16.6 Å². The predicted octanol–water partition coefficient (Wildman–Crippen LogP) is 3.94. The molecular formula is C23H24ClN5O. The Labute approximate surface area is 180 Å². The summed E-state index contributed by atoms with van der Waals surface area (Å²) in [6.45, 7) is 1.60. The van der Waals surface area contributed by atoms with Crippen LogP contribution in [0.3, 0.4) is 0 Å². The van der Waals surface area contributed by atoms with Gasteiger partial charge in [-0.05, 0) is 42.7 Å². The van der Waals surface area contributed by atoms with E-state index in [1.54, 1.807) is 0 Å². The molecule has 0 bridgehead atoms. The van der Waals surface area contributed by atoms with Gasteiger partial charge in [0, 0.05) is 42.0 Å². The number of carbonyl (C=O) groups is 1. The number of benzene rings is 2. The van der Waals surface area contributed by atoms with Gasteiger partial charge in [0.1, 0.15) is 5.82 Å². The summed E-state index contributed by atoms with van der Waals surface area (Å²) in [4.78, 5) is 17.8. The Hall–Kier alpha value is -2.67. The fourth-order valence-electron chi connectivity index (χ4n) is 4.27. The highest BCUT2D eigenvalue weighted by molar-refractivity contribution is 6.30. The third-order valence-corrected chi connectivity index (χ3v) is 6.13. The Kier molecular flexibility index (Phi) is 5.29. The van der Waals surface area contributed by atoms with Crippen molar-refractivity contribution >= 4 is 23.2 Å². The number of imidazole rings is 1. The van der Waals surface area contributed by atoms with Gasteiger partial charge in [0.2, 0.25) is 5.91 Å². The number of hydrazine groups is 1. The van der Waals surface area contributed by atoms with Crippen molar-refractivity contribution in [2.45, 2.75) is 31.8 Å². The van der Waals surface area contributed by atoms with E-state index in [1.165, 1.54) is 12.8 Å². The zero-order valence-electron chi connectivity index (χ0n) is 16.6. The highest BCUT2D eigenvalue weighted by Crippen LogP contribution is 2.29. The number of fused-ring (bicyclic) bond motifs is 1. The lowest BCUT2D eigenvalue weighted by Crippen LogP contribution is -2.29. The molecule has 6 nitrogen and oxygen atoms in total. The summed E-state index contributed by atoms with van der Waals surface area (Å²) in [6, 6.07) is 15.4. The first kappa shape index (κ1) is 19.3. The van der Waals surface area contributed by atoms with Crippen molar-refractivity contribution in [1.29, 1.82) is 0 Å². The summed E-state index contributed by atoms with van der Waals surface area (Å²) < 4.78 is 2.25. The molecule has 1 aromatic heterocycles. The van der Waals surface area contributed by atoms with E-state index >= 15 is 0 Å². The fraction of sp³-hybridized carbons (Fsp3) is 0.304. The van der Waals surface area contributed by atoms with E-state index in [2.05, 4.69) is 26.9 Å². The first-order chi connectivity index (χ1) is 14.7. The van der Waals surface area contributed by atoms with Crippen molar-refractivity contribution in [2.75, 3.05) is 11.9 Å². The maximum Gasteiger partial charge on any atom is 0.230 e. The molecule has 2 aliphatic heterocycles. The zero-order valence-corrected chi connectivity index (χ0v) is 17.3. The summed E-state index contributed by atoms with van der Waals surface area (Å²) in [7, 11) is 0. The summed E-state index contributed by atoms with van der Waals surface area (Å²) in [5.41, 5.74) is 10.1. The molecule has 2 atom stereocenters. The second-order valence-corrected chi connectivity index (χ2v) is 8.36. The predicted molar refractivity (Wildman–Crippen MR) is 118 cm³/mol. The minimum absolute atomic E-state index is 0.0197. The van der Waals surface area contributed by atoms with E-state index in [0.29, 0.717) is 11.6 Å². The van der Waals surface area contributed by atoms with Gasteiger partial charge in [0.05, 0.1) is 17.7 Å². The van der Waals surface area contributed by atoms with Crippen LogP contribution in [0.4, 0.5) is 5.69 Å². The van der Waals surface area contributed by atoms with Crippen LogP contribution in [0.25, 0.3) is 11.3 Å². The Balaban J connectivity index is 1.33. The van der Waals surface area contributed by atoms with Crippen LogP contribution in [0.15, 0.2) is 54.7 Å². The lowest BCUT2D eigenvalue weighted by Gasteiger charge is -2.18. The van der Waals surface area contributed by atoms with Gasteiger partial charge in [-0.2, -0.15) is 0 Å². The number of anilines is 1. The number of aryl methyl sites for hydroxylation is 2. The number of halogens is 1. The summed E-state index contributed by atoms with van der Waals surface area (Å²) in [5, 5.41) is 3.77. The molecule has 3 N–H and O–H groups in total. The number of nitrogens with zero attached hydrogens (tertiary/aromatic N) is 2. The van der Waals surface area contributed by atoms with Gasteiger partial charge >= 0.3 is 0 Å². The molecule has 2 unspecified atom stereocenters. The van der Waals surface area contributed by atoms with Gasteiger partial charge in [-0.15, -0.1) is 0 Å². The molecule has 1 amide bonds. The molecule has 3 aromatic rings. The maximum atomic E-state index is 13.0. The third-order valence-electron chi connectivity index (χ3n) is 5.88. The van der Waals surface area contributed by atoms with Crippen LogP contribution in [0.1, 0.15) is 30.3 Å². The minimum Gasteiger partial charge on any atom is -0.334 e. The first-order valence-electron chi connectivity index (χ1n) is 10.4. The minimum atomic E-state index is -0.227. The molecule has 1 fully saturated rings. The van der Waals surface area contributed by atoms with Crippen LogP contribution in [0, 0.1) is 5.92 Å². The molecule has 2 aromatic carbocycles. The van der Waals surface area contributed by atoms with Crippen molar-refractivity contribution in [3.63, 3.8) is 0 Å². The van der Waals surface area contributed by atoms with Gasteiger partial charge < -0.3 is 9.88 Å². The average molecular weight is 422 g/mol. The van der Waals surface area contributed by atoms with Crippen molar-refractivity contribution < 1.29 is 4.79 Å². The van der Waals surface area contributed by atoms with Gasteiger partial charge in [-0.25, -0.2) is 10.4 Å². The van der Waals surface area contributed by atoms with Gasteiger partial charge in [-0.3, -0.25) is 10.2 Å². The van der Waals surface area contributed by atoms with Crippen LogP contribution in [-0.2, 0) is 17.8 Å². The van der Waals surface area contributed by atoms with Crippen molar-refractivity contribution in [3.05, 3.63) is 71.1 Å². The SMILES string of the molecule is O=C(Nc1cccc(-c2cn3c(n2)CCCC3)c1)C1CNNC1c1ccc(Cl)cc1. The number of aromatic nitrogens is 2. The Morgan fingerprint density at radius 1 is 1.17 bits per heavy atom. The molecule has 30 heavy (non-hydrogen) atoms. The second-order valence-electron chi connectivity index (χ2n) is 7.92. The van der Waals surface area contributed by atoms with Crippen LogP contribution >= 0.6 is 11.6 Å². The molecule has 154 valence electrons. The molecule has 1 saturated heterocycles. The maximum absolute atomic E-state index is 13.0. The van der Waals surface area contributed by atoms with E-state index < -0.39 is 0 Å². The Bertz CT molecular complexity index is 1040. The summed E-state index contributed by atoms with van der Waals surface area (Å²) >= 11 is 6.00. The number of amides is 1. The lowest BCUT2D eigenvalue weighted by atomic mass is 9.94. The molecule has 0 saturated carbocycles. The fourth-order valence-corrected chi connectivity index (χ4v) is 4.40. The first-order valence-corrected chi connectivity index (χ1v) is 10.8. The van der Waals surface area contributed by atoms with Gasteiger partial charge in [0.15, 0.2) is 0 Å². The van der Waals surface area contributed by atoms with Crippen molar-refractivity contribution in [3.8, 4) is 11.3 Å². The number of carbonyl (C=O) groups excluding carboxylic acids is 1. The largest absolute Gasteiger partial charge is 0.334 e. The highest BCUT2D eigenvalue weighted by Gasteiger charge is 2.34. The second kappa shape index (κ2) is 8.22. The molecule has 3 heterocycles. The molecule has 0 spiro atoms. The zero-order chi connectivity index (χ0) is 20.5. The molecule has 7 heteroatoms. The van der Waals surface area contributed by atoms with Crippen LogP contribution in [-0.4, -0.2) is 22.0 Å². The number of rotatable bonds is 4. The normalized spacial score (nSPS) is 20.7. The smallest absolute Gasteiger partial charge is 0.230 e. The topological polar surface area (TPSA) is 71.0 Å². The average Bonchev–Trinajstić information content (AvgIpc) is 3.42. The van der Waals surface area contributed by atoms with Crippen LogP contribution in [0.2, 0.25) is 5.02 Å². The van der Waals surface area contributed by atoms with Gasteiger partial charge in [0.25, 0.3) is 0 Å². The molecule has 0 radical (unpaired) electrons. The number of hydrogen-bond acceptors (Lipinski definition) is 4. The summed E-state index contributed by atoms with van der Waals surface area (Å²) in [5.74, 6) is 0.906. The van der Waals surface area contributed by atoms with Crippen LogP contribution < -0.4 is 16.2 Å². The number of nitrogens with one attached hydrogen (secondary N) is 3. The van der Waals surface area contributed by atoms with E-state index in [-0.39, 0.29) is 17.9 Å². The Morgan fingerprint density at radius 2 is 2.03 bits per heavy atom. The summed E-state index contributed by atoms with van der Waals surface area (Å²) in [6.07, 6.45) is 5.56. The molecule has 2 aliphatic rings. The third kappa shape index (κ3) is 3.86.